The standard InChI is InChI=1S/C7H8NO2S.Na.3H2O/c8-11(9,10)6-7-4-2-1-3-5-7;;;;/h1-5H,6H2,(H-,8,9,10);;3*1H2/q-1;+1;;;. The Morgan fingerprint density at radius 1 is 1.00 bits per heavy atom. The molecule has 84 valence electrons. The summed E-state index contributed by atoms with van der Waals surface area (Å²) in [5.74, 6) is -0.201. The smallest absolute Gasteiger partial charge is 0.564 e. The molecule has 0 unspecified atom stereocenters. The monoisotopic (exact) mass is 247 g/mol. The van der Waals surface area contributed by atoms with E-state index in [2.05, 4.69) is 0 Å². The maximum absolute atomic E-state index is 10.5. The van der Waals surface area contributed by atoms with Gasteiger partial charge >= 0.3 is 29.6 Å². The summed E-state index contributed by atoms with van der Waals surface area (Å²) in [5.41, 5.74) is 0.655. The van der Waals surface area contributed by atoms with E-state index in [0.29, 0.717) is 5.56 Å². The summed E-state index contributed by atoms with van der Waals surface area (Å²) in [6.07, 6.45) is 0. The molecule has 0 radical (unpaired) electrons. The van der Waals surface area contributed by atoms with Crippen molar-refractivity contribution in [3.63, 3.8) is 0 Å². The molecule has 0 atom stereocenters. The van der Waals surface area contributed by atoms with E-state index >= 15 is 0 Å². The minimum atomic E-state index is -3.63. The second-order valence-corrected chi connectivity index (χ2v) is 3.76. The third-order valence-electron chi connectivity index (χ3n) is 1.20. The fraction of sp³-hybridized carbons (Fsp3) is 0.143. The maximum Gasteiger partial charge on any atom is 1.00 e. The Labute approximate surface area is 111 Å². The van der Waals surface area contributed by atoms with Crippen LogP contribution in [0, 0.1) is 0 Å². The van der Waals surface area contributed by atoms with Gasteiger partial charge in [-0.15, -0.1) is 0 Å². The fourth-order valence-electron chi connectivity index (χ4n) is 0.794. The predicted molar refractivity (Wildman–Crippen MR) is 54.2 cm³/mol. The van der Waals surface area contributed by atoms with E-state index in [0.717, 1.165) is 0 Å². The fourth-order valence-corrected chi connectivity index (χ4v) is 1.42. The van der Waals surface area contributed by atoms with Gasteiger partial charge in [0, 0.05) is 0 Å². The van der Waals surface area contributed by atoms with Crippen LogP contribution in [0.1, 0.15) is 5.56 Å². The van der Waals surface area contributed by atoms with Crippen LogP contribution in [0.2, 0.25) is 0 Å². The molecule has 0 aliphatic rings. The molecule has 0 saturated carbocycles. The molecule has 1 aromatic carbocycles. The van der Waals surface area contributed by atoms with E-state index in [9.17, 15) is 8.42 Å². The molecular weight excluding hydrogens is 233 g/mol. The summed E-state index contributed by atoms with van der Waals surface area (Å²) in [5, 5.41) is 6.64. The molecule has 0 bridgehead atoms. The third kappa shape index (κ3) is 11.9. The molecule has 0 aliphatic carbocycles. The van der Waals surface area contributed by atoms with Crippen molar-refractivity contribution < 1.29 is 54.4 Å². The zero-order valence-corrected chi connectivity index (χ0v) is 11.1. The zero-order chi connectivity index (χ0) is 8.32. The average Bonchev–Trinajstić information content (AvgIpc) is 1.85. The van der Waals surface area contributed by atoms with E-state index in [-0.39, 0.29) is 51.7 Å². The predicted octanol–water partition coefficient (Wildman–Crippen LogP) is -3.90. The van der Waals surface area contributed by atoms with E-state index in [4.69, 9.17) is 5.14 Å². The summed E-state index contributed by atoms with van der Waals surface area (Å²) in [4.78, 5) is 0. The van der Waals surface area contributed by atoms with Gasteiger partial charge in [-0.2, -0.15) is 0 Å². The second kappa shape index (κ2) is 10.5. The molecule has 0 amide bonds. The van der Waals surface area contributed by atoms with Crippen molar-refractivity contribution >= 4 is 10.0 Å². The zero-order valence-electron chi connectivity index (χ0n) is 8.32. The molecule has 0 spiro atoms. The molecular formula is C7H14NNaO5S. The van der Waals surface area contributed by atoms with Crippen LogP contribution >= 0.6 is 0 Å². The maximum atomic E-state index is 10.5. The Kier molecular flexibility index (Phi) is 17.1. The van der Waals surface area contributed by atoms with Crippen LogP contribution in [0.25, 0.3) is 5.14 Å². The first-order valence-corrected chi connectivity index (χ1v) is 4.74. The van der Waals surface area contributed by atoms with Gasteiger partial charge < -0.3 is 21.6 Å². The Bertz CT molecular complexity index is 328. The first-order chi connectivity index (χ1) is 5.08. The average molecular weight is 247 g/mol. The number of hydrogen-bond donors (Lipinski definition) is 0. The third-order valence-corrected chi connectivity index (χ3v) is 1.91. The van der Waals surface area contributed by atoms with Crippen molar-refractivity contribution in [3.05, 3.63) is 41.0 Å². The van der Waals surface area contributed by atoms with E-state index in [1.54, 1.807) is 30.3 Å². The number of sulfonamides is 1. The molecule has 0 aliphatic heterocycles. The van der Waals surface area contributed by atoms with Crippen molar-refractivity contribution in [2.75, 3.05) is 0 Å². The first-order valence-electron chi connectivity index (χ1n) is 3.09. The Morgan fingerprint density at radius 3 is 1.73 bits per heavy atom. The van der Waals surface area contributed by atoms with Crippen molar-refractivity contribution in [1.82, 2.24) is 0 Å². The largest absolute Gasteiger partial charge is 1.00 e. The van der Waals surface area contributed by atoms with Gasteiger partial charge in [0.15, 0.2) is 0 Å². The first kappa shape index (κ1) is 24.3. The normalized spacial score (nSPS) is 8.33. The van der Waals surface area contributed by atoms with Crippen LogP contribution < -0.4 is 29.6 Å². The van der Waals surface area contributed by atoms with Crippen molar-refractivity contribution in [2.45, 2.75) is 5.75 Å². The van der Waals surface area contributed by atoms with Gasteiger partial charge in [-0.25, -0.2) is 8.42 Å². The topological polar surface area (TPSA) is 152 Å². The molecule has 8 heteroatoms. The van der Waals surface area contributed by atoms with Gasteiger partial charge in [0.05, 0.1) is 15.8 Å². The van der Waals surface area contributed by atoms with Gasteiger partial charge in [0.25, 0.3) is 0 Å². The van der Waals surface area contributed by atoms with Gasteiger partial charge in [-0.1, -0.05) is 30.3 Å². The van der Waals surface area contributed by atoms with Crippen molar-refractivity contribution in [3.8, 4) is 0 Å². The molecule has 15 heavy (non-hydrogen) atoms. The number of rotatable bonds is 2. The van der Waals surface area contributed by atoms with E-state index in [1.807, 2.05) is 0 Å². The Balaban J connectivity index is -0.000000151. The molecule has 0 heterocycles. The van der Waals surface area contributed by atoms with Gasteiger partial charge in [-0.3, -0.25) is 0 Å². The summed E-state index contributed by atoms with van der Waals surface area (Å²) in [6, 6.07) is 8.68. The SMILES string of the molecule is O.O.O.[NH-]S(=O)(=O)Cc1ccccc1.[Na+]. The van der Waals surface area contributed by atoms with Gasteiger partial charge in [-0.05, 0) is 5.56 Å². The number of benzene rings is 1. The van der Waals surface area contributed by atoms with Crippen LogP contribution in [0.3, 0.4) is 0 Å². The van der Waals surface area contributed by atoms with Crippen LogP contribution in [-0.2, 0) is 15.8 Å². The van der Waals surface area contributed by atoms with E-state index < -0.39 is 10.0 Å². The summed E-state index contributed by atoms with van der Waals surface area (Å²) < 4.78 is 20.9. The van der Waals surface area contributed by atoms with Crippen molar-refractivity contribution in [1.29, 1.82) is 0 Å². The second-order valence-electron chi connectivity index (χ2n) is 2.24. The van der Waals surface area contributed by atoms with Gasteiger partial charge in [0.2, 0.25) is 0 Å². The Morgan fingerprint density at radius 2 is 1.40 bits per heavy atom. The molecule has 7 N–H and O–H groups in total. The summed E-state index contributed by atoms with van der Waals surface area (Å²) >= 11 is 0. The van der Waals surface area contributed by atoms with Crippen LogP contribution in [0.4, 0.5) is 0 Å². The molecule has 1 aromatic rings. The van der Waals surface area contributed by atoms with Gasteiger partial charge in [0.1, 0.15) is 0 Å². The number of hydrogen-bond acceptors (Lipinski definition) is 2. The molecule has 1 rings (SSSR count). The summed E-state index contributed by atoms with van der Waals surface area (Å²) in [7, 11) is -3.63. The number of nitrogens with one attached hydrogen (secondary N) is 1. The molecule has 0 saturated heterocycles. The molecule has 6 nitrogen and oxygen atoms in total. The van der Waals surface area contributed by atoms with Crippen molar-refractivity contribution in [2.24, 2.45) is 0 Å². The van der Waals surface area contributed by atoms with E-state index in [1.165, 1.54) is 0 Å². The molecule has 0 fully saturated rings. The minimum Gasteiger partial charge on any atom is -0.564 e. The van der Waals surface area contributed by atoms with Crippen LogP contribution in [-0.4, -0.2) is 24.8 Å². The van der Waals surface area contributed by atoms with Crippen LogP contribution in [0.15, 0.2) is 30.3 Å². The quantitative estimate of drug-likeness (QED) is 0.490. The Hall–Kier alpha value is 0.01000. The minimum absolute atomic E-state index is 0. The summed E-state index contributed by atoms with van der Waals surface area (Å²) in [6.45, 7) is 0. The van der Waals surface area contributed by atoms with Crippen LogP contribution in [0.5, 0.6) is 0 Å². The molecule has 0 aromatic heterocycles.